The topological polar surface area (TPSA) is 96.9 Å². The molecule has 0 heterocycles. The molecule has 0 aromatic heterocycles. The summed E-state index contributed by atoms with van der Waals surface area (Å²) in [5.41, 5.74) is 0.804. The van der Waals surface area contributed by atoms with Crippen molar-refractivity contribution in [2.75, 3.05) is 20.2 Å². The standard InChI is InChI=1S/C13H18N2O5.ClH/c1-3-14-13(18)20-11-8-9(4-5-10(11)16)6-7-15-12(17)19-2;/h4-5,8,16H,3,6-7H2,1-2H3,(H,14,18)(H,15,17);1H. The Morgan fingerprint density at radius 3 is 2.57 bits per heavy atom. The van der Waals surface area contributed by atoms with Gasteiger partial charge >= 0.3 is 12.2 Å². The summed E-state index contributed by atoms with van der Waals surface area (Å²) in [7, 11) is 1.29. The van der Waals surface area contributed by atoms with E-state index in [9.17, 15) is 14.7 Å². The van der Waals surface area contributed by atoms with Gasteiger partial charge in [0.1, 0.15) is 0 Å². The number of methoxy groups -OCH3 is 1. The van der Waals surface area contributed by atoms with Crippen LogP contribution in [0, 0.1) is 0 Å². The van der Waals surface area contributed by atoms with E-state index < -0.39 is 12.2 Å². The van der Waals surface area contributed by atoms with Crippen molar-refractivity contribution in [1.82, 2.24) is 10.6 Å². The van der Waals surface area contributed by atoms with Crippen LogP contribution in [0.3, 0.4) is 0 Å². The molecule has 0 bridgehead atoms. The second-order valence-electron chi connectivity index (χ2n) is 3.89. The van der Waals surface area contributed by atoms with Gasteiger partial charge in [-0.25, -0.2) is 9.59 Å². The molecule has 2 amide bonds. The van der Waals surface area contributed by atoms with Crippen LogP contribution in [0.1, 0.15) is 12.5 Å². The lowest BCUT2D eigenvalue weighted by molar-refractivity contribution is 0.171. The van der Waals surface area contributed by atoms with Crippen molar-refractivity contribution < 1.29 is 24.2 Å². The molecule has 0 saturated heterocycles. The number of aromatic hydroxyl groups is 1. The lowest BCUT2D eigenvalue weighted by Crippen LogP contribution is -2.26. The number of hydrogen-bond acceptors (Lipinski definition) is 5. The first-order valence-electron chi connectivity index (χ1n) is 6.16. The molecule has 118 valence electrons. The van der Waals surface area contributed by atoms with E-state index in [1.54, 1.807) is 19.1 Å². The molecule has 0 unspecified atom stereocenters. The summed E-state index contributed by atoms with van der Waals surface area (Å²) in [5.74, 6) is -0.0487. The van der Waals surface area contributed by atoms with E-state index in [2.05, 4.69) is 15.4 Å². The van der Waals surface area contributed by atoms with Gasteiger partial charge in [0, 0.05) is 13.1 Å². The number of hydrogen-bond donors (Lipinski definition) is 3. The number of phenolic OH excluding ortho intramolecular Hbond substituents is 1. The first-order valence-corrected chi connectivity index (χ1v) is 6.16. The third-order valence-corrected chi connectivity index (χ3v) is 2.42. The van der Waals surface area contributed by atoms with E-state index in [1.807, 2.05) is 0 Å². The SMILES string of the molecule is CCNC(=O)Oc1cc(CCNC(=O)OC)ccc1O.Cl. The van der Waals surface area contributed by atoms with Crippen LogP contribution in [0.5, 0.6) is 11.5 Å². The maximum atomic E-state index is 11.3. The first-order chi connectivity index (χ1) is 9.56. The Bertz CT molecular complexity index is 482. The van der Waals surface area contributed by atoms with E-state index in [-0.39, 0.29) is 23.9 Å². The van der Waals surface area contributed by atoms with Crippen LogP contribution in [-0.2, 0) is 11.2 Å². The van der Waals surface area contributed by atoms with Crippen molar-refractivity contribution in [3.05, 3.63) is 23.8 Å². The summed E-state index contributed by atoms with van der Waals surface area (Å²) in [5, 5.41) is 14.6. The Morgan fingerprint density at radius 1 is 1.24 bits per heavy atom. The van der Waals surface area contributed by atoms with Gasteiger partial charge in [-0.3, -0.25) is 0 Å². The molecule has 0 saturated carbocycles. The number of alkyl carbamates (subject to hydrolysis) is 1. The molecule has 0 aliphatic carbocycles. The number of ether oxygens (including phenoxy) is 2. The Kier molecular flexibility index (Phi) is 8.71. The molecule has 1 rings (SSSR count). The lowest BCUT2D eigenvalue weighted by atomic mass is 10.1. The molecule has 0 atom stereocenters. The van der Waals surface area contributed by atoms with E-state index in [0.29, 0.717) is 19.5 Å². The smallest absolute Gasteiger partial charge is 0.412 e. The van der Waals surface area contributed by atoms with Crippen LogP contribution in [0.4, 0.5) is 9.59 Å². The van der Waals surface area contributed by atoms with Crippen molar-refractivity contribution in [3.8, 4) is 11.5 Å². The van der Waals surface area contributed by atoms with E-state index in [4.69, 9.17) is 4.74 Å². The summed E-state index contributed by atoms with van der Waals surface area (Å²) in [6, 6.07) is 4.66. The summed E-state index contributed by atoms with van der Waals surface area (Å²) in [6.07, 6.45) is -0.628. The second kappa shape index (κ2) is 9.71. The summed E-state index contributed by atoms with van der Waals surface area (Å²) < 4.78 is 9.41. The van der Waals surface area contributed by atoms with Crippen molar-refractivity contribution >= 4 is 24.6 Å². The highest BCUT2D eigenvalue weighted by molar-refractivity contribution is 5.85. The van der Waals surface area contributed by atoms with Gasteiger partial charge in [0.15, 0.2) is 11.5 Å². The fourth-order valence-corrected chi connectivity index (χ4v) is 1.46. The molecule has 1 aromatic carbocycles. The second-order valence-corrected chi connectivity index (χ2v) is 3.89. The number of carbonyl (C=O) groups excluding carboxylic acids is 2. The van der Waals surface area contributed by atoms with Crippen molar-refractivity contribution in [3.63, 3.8) is 0 Å². The minimum Gasteiger partial charge on any atom is -0.504 e. The minimum atomic E-state index is -0.632. The van der Waals surface area contributed by atoms with Crippen LogP contribution in [0.2, 0.25) is 0 Å². The number of benzene rings is 1. The molecule has 8 heteroatoms. The number of nitrogens with one attached hydrogen (secondary N) is 2. The average Bonchev–Trinajstić information content (AvgIpc) is 2.42. The molecular formula is C13H19ClN2O5. The summed E-state index contributed by atoms with van der Waals surface area (Å²) >= 11 is 0. The van der Waals surface area contributed by atoms with E-state index in [0.717, 1.165) is 5.56 Å². The van der Waals surface area contributed by atoms with Gasteiger partial charge in [-0.1, -0.05) is 6.07 Å². The number of rotatable bonds is 5. The molecule has 0 fully saturated rings. The zero-order valence-electron chi connectivity index (χ0n) is 11.8. The molecule has 7 nitrogen and oxygen atoms in total. The van der Waals surface area contributed by atoms with Gasteiger partial charge in [-0.2, -0.15) is 0 Å². The van der Waals surface area contributed by atoms with Crippen LogP contribution in [0.25, 0.3) is 0 Å². The number of carbonyl (C=O) groups is 2. The van der Waals surface area contributed by atoms with Gasteiger partial charge < -0.3 is 25.2 Å². The lowest BCUT2D eigenvalue weighted by Gasteiger charge is -2.09. The highest BCUT2D eigenvalue weighted by Gasteiger charge is 2.09. The molecular weight excluding hydrogens is 300 g/mol. The Morgan fingerprint density at radius 2 is 1.95 bits per heavy atom. The molecule has 3 N–H and O–H groups in total. The van der Waals surface area contributed by atoms with Gasteiger partial charge in [-0.05, 0) is 31.0 Å². The third-order valence-electron chi connectivity index (χ3n) is 2.42. The van der Waals surface area contributed by atoms with Crippen molar-refractivity contribution in [1.29, 1.82) is 0 Å². The molecule has 0 radical (unpaired) electrons. The normalized spacial score (nSPS) is 9.24. The number of amides is 2. The van der Waals surface area contributed by atoms with Crippen LogP contribution >= 0.6 is 12.4 Å². The van der Waals surface area contributed by atoms with E-state index in [1.165, 1.54) is 13.2 Å². The number of halogens is 1. The highest BCUT2D eigenvalue weighted by atomic mass is 35.5. The predicted octanol–water partition coefficient (Wildman–Crippen LogP) is 1.82. The van der Waals surface area contributed by atoms with E-state index >= 15 is 0 Å². The minimum absolute atomic E-state index is 0. The zero-order valence-corrected chi connectivity index (χ0v) is 12.7. The fourth-order valence-electron chi connectivity index (χ4n) is 1.46. The zero-order chi connectivity index (χ0) is 15.0. The van der Waals surface area contributed by atoms with Gasteiger partial charge in [0.05, 0.1) is 7.11 Å². The molecule has 1 aromatic rings. The van der Waals surface area contributed by atoms with Crippen LogP contribution < -0.4 is 15.4 Å². The Labute approximate surface area is 129 Å². The Hall–Kier alpha value is -2.15. The van der Waals surface area contributed by atoms with Gasteiger partial charge in [-0.15, -0.1) is 12.4 Å². The fraction of sp³-hybridized carbons (Fsp3) is 0.385. The molecule has 0 aliphatic heterocycles. The maximum absolute atomic E-state index is 11.3. The average molecular weight is 319 g/mol. The van der Waals surface area contributed by atoms with Gasteiger partial charge in [0.25, 0.3) is 0 Å². The predicted molar refractivity (Wildman–Crippen MR) is 79.2 cm³/mol. The summed E-state index contributed by atoms with van der Waals surface area (Å²) in [6.45, 7) is 2.57. The number of phenols is 1. The van der Waals surface area contributed by atoms with Crippen molar-refractivity contribution in [2.24, 2.45) is 0 Å². The Balaban J connectivity index is 0.00000400. The third kappa shape index (κ3) is 6.71. The van der Waals surface area contributed by atoms with Crippen molar-refractivity contribution in [2.45, 2.75) is 13.3 Å². The highest BCUT2D eigenvalue weighted by Crippen LogP contribution is 2.27. The molecule has 0 spiro atoms. The maximum Gasteiger partial charge on any atom is 0.412 e. The monoisotopic (exact) mass is 318 g/mol. The van der Waals surface area contributed by atoms with Gasteiger partial charge in [0.2, 0.25) is 0 Å². The first kappa shape index (κ1) is 18.9. The molecule has 0 aliphatic rings. The molecule has 21 heavy (non-hydrogen) atoms. The van der Waals surface area contributed by atoms with Crippen LogP contribution in [0.15, 0.2) is 18.2 Å². The quantitative estimate of drug-likeness (QED) is 0.769. The summed E-state index contributed by atoms with van der Waals surface area (Å²) in [4.78, 5) is 22.2. The van der Waals surface area contributed by atoms with Crippen LogP contribution in [-0.4, -0.2) is 37.5 Å². The largest absolute Gasteiger partial charge is 0.504 e.